The van der Waals surface area contributed by atoms with E-state index >= 15 is 0 Å². The SMILES string of the molecule is CC[C@@H](O)[C@@H](C)[C@@H](CC)OC(C)=O. The number of carbonyl (C=O) groups is 1. The Morgan fingerprint density at radius 3 is 2.23 bits per heavy atom. The Bertz CT molecular complexity index is 156. The van der Waals surface area contributed by atoms with Crippen molar-refractivity contribution in [2.45, 2.75) is 52.7 Å². The molecule has 0 heterocycles. The van der Waals surface area contributed by atoms with Crippen LogP contribution in [0.1, 0.15) is 40.5 Å². The predicted molar refractivity (Wildman–Crippen MR) is 51.3 cm³/mol. The van der Waals surface area contributed by atoms with Gasteiger partial charge in [-0.1, -0.05) is 20.8 Å². The zero-order valence-electron chi connectivity index (χ0n) is 8.91. The number of hydrogen-bond donors (Lipinski definition) is 1. The summed E-state index contributed by atoms with van der Waals surface area (Å²) in [4.78, 5) is 10.7. The number of aliphatic hydroxyl groups excluding tert-OH is 1. The third-order valence-corrected chi connectivity index (χ3v) is 2.33. The van der Waals surface area contributed by atoms with Gasteiger partial charge in [0.15, 0.2) is 0 Å². The fraction of sp³-hybridized carbons (Fsp3) is 0.900. The molecule has 13 heavy (non-hydrogen) atoms. The minimum atomic E-state index is -0.385. The molecule has 0 fully saturated rings. The lowest BCUT2D eigenvalue weighted by Crippen LogP contribution is -2.32. The Morgan fingerprint density at radius 1 is 1.38 bits per heavy atom. The molecule has 0 radical (unpaired) electrons. The summed E-state index contributed by atoms with van der Waals surface area (Å²) in [5.74, 6) is -0.263. The van der Waals surface area contributed by atoms with Crippen molar-refractivity contribution < 1.29 is 14.6 Å². The standard InChI is InChI=1S/C10H20O3/c1-5-9(12)7(3)10(6-2)13-8(4)11/h7,9-10,12H,5-6H2,1-4H3/t7-,9-,10-/m1/s1. The van der Waals surface area contributed by atoms with Crippen molar-refractivity contribution in [3.8, 4) is 0 Å². The number of ether oxygens (including phenoxy) is 1. The summed E-state index contributed by atoms with van der Waals surface area (Å²) in [5, 5.41) is 9.55. The van der Waals surface area contributed by atoms with E-state index in [0.717, 1.165) is 6.42 Å². The number of aliphatic hydroxyl groups is 1. The molecule has 78 valence electrons. The first-order valence-corrected chi connectivity index (χ1v) is 4.88. The Balaban J connectivity index is 4.13. The van der Waals surface area contributed by atoms with E-state index < -0.39 is 0 Å². The molecule has 0 saturated carbocycles. The highest BCUT2D eigenvalue weighted by molar-refractivity contribution is 5.66. The molecule has 0 spiro atoms. The molecule has 0 rings (SSSR count). The molecular formula is C10H20O3. The maximum atomic E-state index is 10.7. The van der Waals surface area contributed by atoms with Crippen LogP contribution in [-0.4, -0.2) is 23.3 Å². The Morgan fingerprint density at radius 2 is 1.92 bits per heavy atom. The molecule has 0 aromatic rings. The van der Waals surface area contributed by atoms with Gasteiger partial charge in [0.05, 0.1) is 6.10 Å². The van der Waals surface area contributed by atoms with Gasteiger partial charge >= 0.3 is 5.97 Å². The number of rotatable bonds is 5. The molecule has 0 amide bonds. The molecule has 0 aromatic carbocycles. The first kappa shape index (κ1) is 12.4. The maximum absolute atomic E-state index is 10.7. The van der Waals surface area contributed by atoms with Crippen molar-refractivity contribution in [3.63, 3.8) is 0 Å². The van der Waals surface area contributed by atoms with Crippen molar-refractivity contribution in [1.82, 2.24) is 0 Å². The highest BCUT2D eigenvalue weighted by Gasteiger charge is 2.23. The fourth-order valence-electron chi connectivity index (χ4n) is 1.40. The van der Waals surface area contributed by atoms with Crippen LogP contribution in [0.2, 0.25) is 0 Å². The van der Waals surface area contributed by atoms with Crippen LogP contribution in [-0.2, 0) is 9.53 Å². The van der Waals surface area contributed by atoms with Gasteiger partial charge in [-0.2, -0.15) is 0 Å². The predicted octanol–water partition coefficient (Wildman–Crippen LogP) is 1.74. The van der Waals surface area contributed by atoms with E-state index in [0.29, 0.717) is 6.42 Å². The van der Waals surface area contributed by atoms with Gasteiger partial charge in [-0.05, 0) is 12.8 Å². The smallest absolute Gasteiger partial charge is 0.302 e. The van der Waals surface area contributed by atoms with E-state index in [1.54, 1.807) is 0 Å². The molecule has 0 saturated heterocycles. The maximum Gasteiger partial charge on any atom is 0.302 e. The van der Waals surface area contributed by atoms with Crippen LogP contribution < -0.4 is 0 Å². The van der Waals surface area contributed by atoms with Crippen LogP contribution >= 0.6 is 0 Å². The van der Waals surface area contributed by atoms with Crippen LogP contribution in [0.25, 0.3) is 0 Å². The summed E-state index contributed by atoms with van der Waals surface area (Å²) in [6.45, 7) is 7.17. The Hall–Kier alpha value is -0.570. The van der Waals surface area contributed by atoms with E-state index in [4.69, 9.17) is 4.74 Å². The highest BCUT2D eigenvalue weighted by Crippen LogP contribution is 2.17. The average Bonchev–Trinajstić information content (AvgIpc) is 2.11. The molecule has 3 nitrogen and oxygen atoms in total. The van der Waals surface area contributed by atoms with E-state index in [9.17, 15) is 9.90 Å². The second-order valence-electron chi connectivity index (χ2n) is 3.39. The zero-order chi connectivity index (χ0) is 10.4. The lowest BCUT2D eigenvalue weighted by atomic mass is 9.94. The third-order valence-electron chi connectivity index (χ3n) is 2.33. The second kappa shape index (κ2) is 5.97. The lowest BCUT2D eigenvalue weighted by molar-refractivity contribution is -0.151. The monoisotopic (exact) mass is 188 g/mol. The van der Waals surface area contributed by atoms with Crippen LogP contribution in [0.4, 0.5) is 0 Å². The molecule has 3 heteroatoms. The van der Waals surface area contributed by atoms with Crippen LogP contribution in [0.3, 0.4) is 0 Å². The number of carbonyl (C=O) groups excluding carboxylic acids is 1. The first-order chi connectivity index (χ1) is 6.02. The van der Waals surface area contributed by atoms with Gasteiger partial charge in [-0.15, -0.1) is 0 Å². The summed E-state index contributed by atoms with van der Waals surface area (Å²) in [6, 6.07) is 0. The normalized spacial score (nSPS) is 17.6. The van der Waals surface area contributed by atoms with E-state index in [2.05, 4.69) is 0 Å². The van der Waals surface area contributed by atoms with Crippen LogP contribution in [0.15, 0.2) is 0 Å². The van der Waals surface area contributed by atoms with Crippen molar-refractivity contribution in [2.75, 3.05) is 0 Å². The van der Waals surface area contributed by atoms with Gasteiger partial charge in [0.25, 0.3) is 0 Å². The van der Waals surface area contributed by atoms with Crippen LogP contribution in [0, 0.1) is 5.92 Å². The summed E-state index contributed by atoms with van der Waals surface area (Å²) in [5.41, 5.74) is 0. The molecule has 0 aliphatic rings. The van der Waals surface area contributed by atoms with Gasteiger partial charge in [-0.3, -0.25) is 4.79 Å². The van der Waals surface area contributed by atoms with E-state index in [1.165, 1.54) is 6.92 Å². The Labute approximate surface area is 80.1 Å². The van der Waals surface area contributed by atoms with E-state index in [-0.39, 0.29) is 24.1 Å². The largest absolute Gasteiger partial charge is 0.462 e. The summed E-state index contributed by atoms with van der Waals surface area (Å²) < 4.78 is 5.09. The molecular weight excluding hydrogens is 168 g/mol. The topological polar surface area (TPSA) is 46.5 Å². The molecule has 0 aliphatic carbocycles. The molecule has 0 aliphatic heterocycles. The van der Waals surface area contributed by atoms with Gasteiger partial charge in [0.1, 0.15) is 6.10 Å². The van der Waals surface area contributed by atoms with Gasteiger partial charge in [0, 0.05) is 12.8 Å². The highest BCUT2D eigenvalue weighted by atomic mass is 16.5. The van der Waals surface area contributed by atoms with Gasteiger partial charge in [0.2, 0.25) is 0 Å². The van der Waals surface area contributed by atoms with Gasteiger partial charge in [-0.25, -0.2) is 0 Å². The molecule has 0 unspecified atom stereocenters. The molecule has 3 atom stereocenters. The molecule has 0 bridgehead atoms. The van der Waals surface area contributed by atoms with Crippen molar-refractivity contribution in [2.24, 2.45) is 5.92 Å². The molecule has 0 aromatic heterocycles. The Kier molecular flexibility index (Phi) is 5.71. The average molecular weight is 188 g/mol. The minimum Gasteiger partial charge on any atom is -0.462 e. The van der Waals surface area contributed by atoms with Crippen molar-refractivity contribution >= 4 is 5.97 Å². The zero-order valence-corrected chi connectivity index (χ0v) is 8.91. The van der Waals surface area contributed by atoms with Crippen molar-refractivity contribution in [3.05, 3.63) is 0 Å². The van der Waals surface area contributed by atoms with E-state index in [1.807, 2.05) is 20.8 Å². The van der Waals surface area contributed by atoms with Crippen LogP contribution in [0.5, 0.6) is 0 Å². The summed E-state index contributed by atoms with van der Waals surface area (Å²) in [7, 11) is 0. The lowest BCUT2D eigenvalue weighted by Gasteiger charge is -2.25. The summed E-state index contributed by atoms with van der Waals surface area (Å²) in [6.07, 6.45) is 0.897. The molecule has 1 N–H and O–H groups in total. The number of hydrogen-bond acceptors (Lipinski definition) is 3. The minimum absolute atomic E-state index is 0.0129. The van der Waals surface area contributed by atoms with Crippen molar-refractivity contribution in [1.29, 1.82) is 0 Å². The first-order valence-electron chi connectivity index (χ1n) is 4.88. The van der Waals surface area contributed by atoms with Gasteiger partial charge < -0.3 is 9.84 Å². The summed E-state index contributed by atoms with van der Waals surface area (Å²) >= 11 is 0. The number of esters is 1. The fourth-order valence-corrected chi connectivity index (χ4v) is 1.40. The third kappa shape index (κ3) is 4.27. The quantitative estimate of drug-likeness (QED) is 0.668. The second-order valence-corrected chi connectivity index (χ2v) is 3.39.